The summed E-state index contributed by atoms with van der Waals surface area (Å²) in [5.41, 5.74) is 3.68. The van der Waals surface area contributed by atoms with Crippen molar-refractivity contribution in [3.8, 4) is 0 Å². The average Bonchev–Trinajstić information content (AvgIpc) is 2.50. The second-order valence-corrected chi connectivity index (χ2v) is 5.81. The van der Waals surface area contributed by atoms with Crippen LogP contribution in [-0.4, -0.2) is 0 Å². The SMILES string of the molecule is C=C/C(=C\C(C)C)C(C)(C(/C=C\C)=C/C)c1ccccc1. The molecule has 0 N–H and O–H groups in total. The molecular weight excluding hydrogens is 252 g/mol. The zero-order chi connectivity index (χ0) is 15.9. The molecule has 0 heteroatoms. The topological polar surface area (TPSA) is 0 Å². The van der Waals surface area contributed by atoms with Crippen molar-refractivity contribution in [2.75, 3.05) is 0 Å². The van der Waals surface area contributed by atoms with E-state index in [9.17, 15) is 0 Å². The second-order valence-electron chi connectivity index (χ2n) is 5.81. The lowest BCUT2D eigenvalue weighted by molar-refractivity contribution is 0.671. The molecule has 0 amide bonds. The van der Waals surface area contributed by atoms with Gasteiger partial charge in [0, 0.05) is 5.41 Å². The van der Waals surface area contributed by atoms with Crippen molar-refractivity contribution in [1.82, 2.24) is 0 Å². The fourth-order valence-electron chi connectivity index (χ4n) is 2.80. The highest BCUT2D eigenvalue weighted by molar-refractivity contribution is 5.52. The van der Waals surface area contributed by atoms with Crippen LogP contribution in [0.2, 0.25) is 0 Å². The number of allylic oxidation sites excluding steroid dienone is 7. The maximum absolute atomic E-state index is 4.06. The molecule has 0 aromatic heterocycles. The van der Waals surface area contributed by atoms with Gasteiger partial charge in [-0.05, 0) is 43.4 Å². The predicted molar refractivity (Wildman–Crippen MR) is 95.5 cm³/mol. The molecule has 0 nitrogen and oxygen atoms in total. The smallest absolute Gasteiger partial charge is 0.0416 e. The molecule has 0 fully saturated rings. The molecule has 1 aromatic carbocycles. The minimum absolute atomic E-state index is 0.172. The van der Waals surface area contributed by atoms with Crippen molar-refractivity contribution < 1.29 is 0 Å². The summed E-state index contributed by atoms with van der Waals surface area (Å²) in [6.45, 7) is 14.9. The fourth-order valence-corrected chi connectivity index (χ4v) is 2.80. The molecule has 1 atom stereocenters. The Balaban J connectivity index is 3.60. The Labute approximate surface area is 130 Å². The largest absolute Gasteiger partial charge is 0.0988 e. The molecule has 0 aliphatic heterocycles. The molecule has 1 unspecified atom stereocenters. The van der Waals surface area contributed by atoms with Gasteiger partial charge in [0.05, 0.1) is 0 Å². The quantitative estimate of drug-likeness (QED) is 0.541. The maximum atomic E-state index is 4.06. The van der Waals surface area contributed by atoms with Gasteiger partial charge in [-0.25, -0.2) is 0 Å². The van der Waals surface area contributed by atoms with Crippen LogP contribution >= 0.6 is 0 Å². The Bertz CT molecular complexity index is 541. The minimum atomic E-state index is -0.172. The van der Waals surface area contributed by atoms with E-state index in [-0.39, 0.29) is 5.41 Å². The van der Waals surface area contributed by atoms with E-state index in [1.807, 2.05) is 6.08 Å². The van der Waals surface area contributed by atoms with E-state index in [0.29, 0.717) is 5.92 Å². The van der Waals surface area contributed by atoms with Crippen LogP contribution in [0, 0.1) is 5.92 Å². The molecule has 1 aromatic rings. The molecule has 112 valence electrons. The van der Waals surface area contributed by atoms with Gasteiger partial charge in [-0.2, -0.15) is 0 Å². The molecule has 0 saturated heterocycles. The van der Waals surface area contributed by atoms with Gasteiger partial charge in [0.15, 0.2) is 0 Å². The monoisotopic (exact) mass is 280 g/mol. The Morgan fingerprint density at radius 2 is 1.71 bits per heavy atom. The van der Waals surface area contributed by atoms with Gasteiger partial charge < -0.3 is 0 Å². The zero-order valence-corrected chi connectivity index (χ0v) is 14.1. The first-order valence-electron chi connectivity index (χ1n) is 7.70. The van der Waals surface area contributed by atoms with E-state index < -0.39 is 0 Å². The van der Waals surface area contributed by atoms with Crippen LogP contribution in [0.4, 0.5) is 0 Å². The fraction of sp³-hybridized carbons (Fsp3) is 0.333. The Morgan fingerprint density at radius 3 is 2.14 bits per heavy atom. The maximum Gasteiger partial charge on any atom is 0.0416 e. The second kappa shape index (κ2) is 7.83. The average molecular weight is 280 g/mol. The van der Waals surface area contributed by atoms with E-state index in [2.05, 4.69) is 95.8 Å². The van der Waals surface area contributed by atoms with Crippen molar-refractivity contribution in [3.63, 3.8) is 0 Å². The summed E-state index contributed by atoms with van der Waals surface area (Å²) in [4.78, 5) is 0. The summed E-state index contributed by atoms with van der Waals surface area (Å²) in [6, 6.07) is 10.7. The van der Waals surface area contributed by atoms with Crippen molar-refractivity contribution >= 4 is 0 Å². The summed E-state index contributed by atoms with van der Waals surface area (Å²) in [5.74, 6) is 0.491. The van der Waals surface area contributed by atoms with E-state index in [4.69, 9.17) is 0 Å². The van der Waals surface area contributed by atoms with Crippen LogP contribution in [0.25, 0.3) is 0 Å². The summed E-state index contributed by atoms with van der Waals surface area (Å²) < 4.78 is 0. The van der Waals surface area contributed by atoms with Crippen LogP contribution in [0.3, 0.4) is 0 Å². The van der Waals surface area contributed by atoms with E-state index >= 15 is 0 Å². The summed E-state index contributed by atoms with van der Waals surface area (Å²) in [7, 11) is 0. The Kier molecular flexibility index (Phi) is 6.42. The molecule has 0 radical (unpaired) electrons. The van der Waals surface area contributed by atoms with Crippen LogP contribution in [0.1, 0.15) is 40.2 Å². The zero-order valence-electron chi connectivity index (χ0n) is 14.1. The van der Waals surface area contributed by atoms with Crippen molar-refractivity contribution in [2.45, 2.75) is 40.0 Å². The Hall–Kier alpha value is -1.82. The van der Waals surface area contributed by atoms with Crippen molar-refractivity contribution in [2.24, 2.45) is 5.92 Å². The lowest BCUT2D eigenvalue weighted by Crippen LogP contribution is -2.26. The highest BCUT2D eigenvalue weighted by atomic mass is 14.3. The first-order valence-corrected chi connectivity index (χ1v) is 7.70. The lowest BCUT2D eigenvalue weighted by Gasteiger charge is -2.34. The predicted octanol–water partition coefficient (Wildman–Crippen LogP) is 6.24. The molecule has 0 aliphatic carbocycles. The molecule has 21 heavy (non-hydrogen) atoms. The van der Waals surface area contributed by atoms with Gasteiger partial charge in [0.2, 0.25) is 0 Å². The molecule has 0 aliphatic rings. The van der Waals surface area contributed by atoms with Gasteiger partial charge in [-0.15, -0.1) is 0 Å². The number of rotatable bonds is 6. The van der Waals surface area contributed by atoms with Crippen LogP contribution in [0.5, 0.6) is 0 Å². The number of benzene rings is 1. The standard InChI is InChI=1S/C21H28/c1-7-13-18(8-2)21(6,19(9-3)16-17(4)5)20-14-11-10-12-15-20/h7-17H,3H2,1-2,4-6H3/b13-7-,18-8+,19-16+. The molecule has 0 saturated carbocycles. The number of hydrogen-bond donors (Lipinski definition) is 0. The van der Waals surface area contributed by atoms with E-state index in [1.54, 1.807) is 0 Å². The molecule has 0 heterocycles. The van der Waals surface area contributed by atoms with Gasteiger partial charge in [-0.1, -0.05) is 81.1 Å². The highest BCUT2D eigenvalue weighted by Crippen LogP contribution is 2.40. The lowest BCUT2D eigenvalue weighted by atomic mass is 9.69. The van der Waals surface area contributed by atoms with Gasteiger partial charge in [0.1, 0.15) is 0 Å². The molecule has 0 spiro atoms. The highest BCUT2D eigenvalue weighted by Gasteiger charge is 2.32. The molecule has 1 rings (SSSR count). The third-order valence-corrected chi connectivity index (χ3v) is 3.90. The van der Waals surface area contributed by atoms with Crippen molar-refractivity contribution in [1.29, 1.82) is 0 Å². The normalized spacial score (nSPS) is 16.3. The van der Waals surface area contributed by atoms with Gasteiger partial charge in [-0.3, -0.25) is 0 Å². The van der Waals surface area contributed by atoms with E-state index in [0.717, 1.165) is 0 Å². The van der Waals surface area contributed by atoms with E-state index in [1.165, 1.54) is 16.7 Å². The molecule has 0 bridgehead atoms. The van der Waals surface area contributed by atoms with Crippen LogP contribution in [0.15, 0.2) is 78.4 Å². The third-order valence-electron chi connectivity index (χ3n) is 3.90. The summed E-state index contributed by atoms with van der Waals surface area (Å²) in [5, 5.41) is 0. The third kappa shape index (κ3) is 3.85. The minimum Gasteiger partial charge on any atom is -0.0988 e. The van der Waals surface area contributed by atoms with Crippen LogP contribution in [-0.2, 0) is 5.41 Å². The Morgan fingerprint density at radius 1 is 1.10 bits per heavy atom. The van der Waals surface area contributed by atoms with Gasteiger partial charge in [0.25, 0.3) is 0 Å². The van der Waals surface area contributed by atoms with Crippen molar-refractivity contribution in [3.05, 3.63) is 84.0 Å². The molecular formula is C21H28. The number of hydrogen-bond acceptors (Lipinski definition) is 0. The van der Waals surface area contributed by atoms with Gasteiger partial charge >= 0.3 is 0 Å². The summed E-state index contributed by atoms with van der Waals surface area (Å²) >= 11 is 0. The van der Waals surface area contributed by atoms with Crippen LogP contribution < -0.4 is 0 Å². The first-order chi connectivity index (χ1) is 10.00. The first kappa shape index (κ1) is 17.2. The summed E-state index contributed by atoms with van der Waals surface area (Å²) in [6.07, 6.45) is 10.8.